The molecular weight excluding hydrogens is 380 g/mol. The van der Waals surface area contributed by atoms with Crippen molar-refractivity contribution in [2.45, 2.75) is 57.1 Å². The topological polar surface area (TPSA) is 94.8 Å². The predicted octanol–water partition coefficient (Wildman–Crippen LogP) is 2.02. The van der Waals surface area contributed by atoms with E-state index in [1.807, 2.05) is 19.9 Å². The standard InChI is InChI=1S/C22H29ClO5/c1-11-6-14-18-15(23)8-12-7-13(25)4-5-20(12,2)19(18)16(26)9-21(14,3)22(11,28)17(27)10-24/h4-5,7,11,14-16,18-19,24,26,28H,6,8-10H2,1-3H3/t11-,14+,15-,16-,18-,19+,20+,21+,22+/m1/s1. The summed E-state index contributed by atoms with van der Waals surface area (Å²) in [5.74, 6) is -1.29. The SMILES string of the molecule is C[C@@H]1C[C@H]2[C@H]3[C@H]([C@H](O)C[C@]2(C)[C@@]1(O)C(=O)CO)[C@@]1(C)C=CC(=O)C=C1C[C@H]3Cl. The minimum atomic E-state index is -1.68. The second-order valence-corrected chi connectivity index (χ2v) is 10.4. The first-order valence-electron chi connectivity index (χ1n) is 10.1. The third-order valence-corrected chi connectivity index (χ3v) is 9.08. The average Bonchev–Trinajstić information content (AvgIpc) is 2.83. The van der Waals surface area contributed by atoms with Gasteiger partial charge in [-0.25, -0.2) is 0 Å². The summed E-state index contributed by atoms with van der Waals surface area (Å²) in [4.78, 5) is 24.5. The number of alkyl halides is 1. The summed E-state index contributed by atoms with van der Waals surface area (Å²) in [7, 11) is 0. The van der Waals surface area contributed by atoms with Gasteiger partial charge in [-0.15, -0.1) is 11.6 Å². The number of hydrogen-bond donors (Lipinski definition) is 3. The maximum atomic E-state index is 12.6. The number of allylic oxidation sites excluding steroid dienone is 4. The van der Waals surface area contributed by atoms with Gasteiger partial charge in [-0.3, -0.25) is 9.59 Å². The van der Waals surface area contributed by atoms with Crippen molar-refractivity contribution in [1.29, 1.82) is 0 Å². The molecule has 0 saturated heterocycles. The van der Waals surface area contributed by atoms with Crippen LogP contribution < -0.4 is 0 Å². The molecule has 0 aromatic rings. The number of rotatable bonds is 2. The summed E-state index contributed by atoms with van der Waals surface area (Å²) in [5, 5.41) is 32.0. The van der Waals surface area contributed by atoms with E-state index in [1.165, 1.54) is 0 Å². The summed E-state index contributed by atoms with van der Waals surface area (Å²) in [6.45, 7) is 5.05. The van der Waals surface area contributed by atoms with Gasteiger partial charge < -0.3 is 15.3 Å². The second kappa shape index (κ2) is 6.24. The largest absolute Gasteiger partial charge is 0.393 e. The lowest BCUT2D eigenvalue weighted by Gasteiger charge is -2.60. The molecule has 4 aliphatic rings. The number of aliphatic hydroxyl groups is 3. The van der Waals surface area contributed by atoms with E-state index in [0.717, 1.165) is 5.57 Å². The lowest BCUT2D eigenvalue weighted by molar-refractivity contribution is -0.183. The number of ketones is 2. The van der Waals surface area contributed by atoms with Crippen LogP contribution >= 0.6 is 11.6 Å². The Kier molecular flexibility index (Phi) is 4.52. The molecule has 0 radical (unpaired) electrons. The maximum Gasteiger partial charge on any atom is 0.190 e. The molecule has 154 valence electrons. The van der Waals surface area contributed by atoms with Crippen LogP contribution in [0.3, 0.4) is 0 Å². The smallest absolute Gasteiger partial charge is 0.190 e. The fraction of sp³-hybridized carbons (Fsp3) is 0.727. The zero-order valence-corrected chi connectivity index (χ0v) is 17.3. The van der Waals surface area contributed by atoms with Crippen LogP contribution in [0.1, 0.15) is 40.0 Å². The molecule has 0 aromatic heterocycles. The van der Waals surface area contributed by atoms with Gasteiger partial charge in [0.1, 0.15) is 12.2 Å². The van der Waals surface area contributed by atoms with E-state index in [1.54, 1.807) is 12.2 Å². The summed E-state index contributed by atoms with van der Waals surface area (Å²) in [5.41, 5.74) is -2.04. The van der Waals surface area contributed by atoms with Crippen LogP contribution in [-0.2, 0) is 9.59 Å². The lowest BCUT2D eigenvalue weighted by atomic mass is 9.46. The molecule has 4 aliphatic carbocycles. The van der Waals surface area contributed by atoms with Gasteiger partial charge in [-0.1, -0.05) is 32.4 Å². The Hall–Kier alpha value is -1.01. The zero-order valence-electron chi connectivity index (χ0n) is 16.6. The fourth-order valence-corrected chi connectivity index (χ4v) is 7.79. The highest BCUT2D eigenvalue weighted by Gasteiger charge is 2.71. The first-order valence-corrected chi connectivity index (χ1v) is 10.6. The van der Waals surface area contributed by atoms with Gasteiger partial charge in [0.2, 0.25) is 0 Å². The summed E-state index contributed by atoms with van der Waals surface area (Å²) in [6, 6.07) is 0. The zero-order chi connectivity index (χ0) is 20.6. The first kappa shape index (κ1) is 20.3. The molecule has 3 N–H and O–H groups in total. The van der Waals surface area contributed by atoms with Crippen molar-refractivity contribution in [3.63, 3.8) is 0 Å². The van der Waals surface area contributed by atoms with Crippen LogP contribution in [0.25, 0.3) is 0 Å². The number of aliphatic hydroxyl groups excluding tert-OH is 2. The van der Waals surface area contributed by atoms with Crippen LogP contribution in [-0.4, -0.2) is 50.6 Å². The molecule has 0 aromatic carbocycles. The molecule has 6 heteroatoms. The van der Waals surface area contributed by atoms with Crippen LogP contribution in [0.4, 0.5) is 0 Å². The van der Waals surface area contributed by atoms with Gasteiger partial charge in [0.25, 0.3) is 0 Å². The Labute approximate surface area is 170 Å². The highest BCUT2D eigenvalue weighted by atomic mass is 35.5. The minimum absolute atomic E-state index is 0.0525. The first-order chi connectivity index (χ1) is 13.0. The average molecular weight is 409 g/mol. The van der Waals surface area contributed by atoms with Gasteiger partial charge in [0, 0.05) is 22.1 Å². The number of carbonyl (C=O) groups is 2. The normalized spacial score (nSPS) is 52.5. The van der Waals surface area contributed by atoms with E-state index in [2.05, 4.69) is 6.92 Å². The predicted molar refractivity (Wildman–Crippen MR) is 105 cm³/mol. The molecule has 3 fully saturated rings. The molecule has 5 nitrogen and oxygen atoms in total. The quantitative estimate of drug-likeness (QED) is 0.607. The molecule has 28 heavy (non-hydrogen) atoms. The van der Waals surface area contributed by atoms with Gasteiger partial charge in [0.05, 0.1) is 6.10 Å². The van der Waals surface area contributed by atoms with Gasteiger partial charge in [-0.2, -0.15) is 0 Å². The summed E-state index contributed by atoms with van der Waals surface area (Å²) in [6.07, 6.45) is 5.78. The van der Waals surface area contributed by atoms with Crippen molar-refractivity contribution in [2.75, 3.05) is 6.61 Å². The van der Waals surface area contributed by atoms with Crippen LogP contribution in [0, 0.1) is 34.5 Å². The van der Waals surface area contributed by atoms with Crippen molar-refractivity contribution in [3.05, 3.63) is 23.8 Å². The minimum Gasteiger partial charge on any atom is -0.393 e. The molecule has 0 aliphatic heterocycles. The number of halogens is 1. The molecule has 3 saturated carbocycles. The maximum absolute atomic E-state index is 12.6. The Morgan fingerprint density at radius 3 is 2.68 bits per heavy atom. The number of fused-ring (bicyclic) bond motifs is 5. The van der Waals surface area contributed by atoms with E-state index in [9.17, 15) is 24.9 Å². The van der Waals surface area contributed by atoms with Gasteiger partial charge in [-0.05, 0) is 49.2 Å². The number of Topliss-reactive ketones (excluding diaryl/α,β-unsaturated/α-hetero) is 1. The van der Waals surface area contributed by atoms with E-state index in [4.69, 9.17) is 11.6 Å². The molecule has 0 heterocycles. The third-order valence-electron chi connectivity index (χ3n) is 8.63. The van der Waals surface area contributed by atoms with Crippen molar-refractivity contribution in [3.8, 4) is 0 Å². The molecule has 9 atom stereocenters. The Bertz CT molecular complexity index is 790. The lowest BCUT2D eigenvalue weighted by Crippen LogP contribution is -2.64. The molecule has 0 amide bonds. The number of hydrogen-bond acceptors (Lipinski definition) is 5. The number of carbonyl (C=O) groups excluding carboxylic acids is 2. The van der Waals surface area contributed by atoms with E-state index in [-0.39, 0.29) is 41.3 Å². The van der Waals surface area contributed by atoms with Gasteiger partial charge in [0.15, 0.2) is 11.6 Å². The van der Waals surface area contributed by atoms with Crippen LogP contribution in [0.5, 0.6) is 0 Å². The molecule has 0 unspecified atom stereocenters. The molecule has 0 spiro atoms. The highest BCUT2D eigenvalue weighted by Crippen LogP contribution is 2.68. The van der Waals surface area contributed by atoms with Crippen LogP contribution in [0.2, 0.25) is 0 Å². The molecular formula is C22H29ClO5. The van der Waals surface area contributed by atoms with E-state index < -0.39 is 34.9 Å². The summed E-state index contributed by atoms with van der Waals surface area (Å²) >= 11 is 6.86. The highest BCUT2D eigenvalue weighted by molar-refractivity contribution is 6.21. The van der Waals surface area contributed by atoms with Crippen molar-refractivity contribution >= 4 is 23.2 Å². The Morgan fingerprint density at radius 2 is 2.04 bits per heavy atom. The Balaban J connectivity index is 1.82. The van der Waals surface area contributed by atoms with Crippen LogP contribution in [0.15, 0.2) is 23.8 Å². The molecule has 4 rings (SSSR count). The monoisotopic (exact) mass is 408 g/mol. The Morgan fingerprint density at radius 1 is 1.36 bits per heavy atom. The van der Waals surface area contributed by atoms with Gasteiger partial charge >= 0.3 is 0 Å². The van der Waals surface area contributed by atoms with Crippen molar-refractivity contribution < 1.29 is 24.9 Å². The fourth-order valence-electron chi connectivity index (χ4n) is 7.29. The second-order valence-electron chi connectivity index (χ2n) is 9.79. The van der Waals surface area contributed by atoms with Crippen molar-refractivity contribution in [1.82, 2.24) is 0 Å². The molecule has 0 bridgehead atoms. The summed E-state index contributed by atoms with van der Waals surface area (Å²) < 4.78 is 0. The third kappa shape index (κ3) is 2.31. The van der Waals surface area contributed by atoms with E-state index >= 15 is 0 Å². The van der Waals surface area contributed by atoms with E-state index in [0.29, 0.717) is 12.8 Å². The van der Waals surface area contributed by atoms with Crippen molar-refractivity contribution in [2.24, 2.45) is 34.5 Å².